The van der Waals surface area contributed by atoms with Crippen molar-refractivity contribution in [3.05, 3.63) is 0 Å². The summed E-state index contributed by atoms with van der Waals surface area (Å²) in [7, 11) is 0. The van der Waals surface area contributed by atoms with Gasteiger partial charge in [-0.2, -0.15) is 4.99 Å². The predicted molar refractivity (Wildman–Crippen MR) is 57.1 cm³/mol. The van der Waals surface area contributed by atoms with Crippen LogP contribution >= 0.6 is 69.6 Å². The molecule has 0 saturated heterocycles. The molecule has 0 aliphatic carbocycles. The van der Waals surface area contributed by atoms with E-state index in [1.807, 2.05) is 0 Å². The standard InChI is InChI=1S/C5H3Cl6NO/c1-3(12-2-13,4(6,7)8)5(9,10)11/h1H3. The molecule has 0 aliphatic heterocycles. The van der Waals surface area contributed by atoms with Gasteiger partial charge in [0.15, 0.2) is 5.54 Å². The van der Waals surface area contributed by atoms with Crippen LogP contribution in [-0.2, 0) is 4.79 Å². The molecule has 0 radical (unpaired) electrons. The molecule has 0 heterocycles. The molecule has 0 amide bonds. The molecule has 0 atom stereocenters. The first-order valence-electron chi connectivity index (χ1n) is 2.79. The lowest BCUT2D eigenvalue weighted by atomic mass is 10.1. The van der Waals surface area contributed by atoms with Gasteiger partial charge in [-0.05, 0) is 6.92 Å². The first-order valence-corrected chi connectivity index (χ1v) is 5.05. The van der Waals surface area contributed by atoms with Crippen molar-refractivity contribution in [2.45, 2.75) is 20.0 Å². The molecule has 0 saturated carbocycles. The van der Waals surface area contributed by atoms with Gasteiger partial charge in [0.05, 0.1) is 0 Å². The van der Waals surface area contributed by atoms with Gasteiger partial charge in [-0.1, -0.05) is 69.6 Å². The normalized spacial score (nSPS) is 13.8. The summed E-state index contributed by atoms with van der Waals surface area (Å²) in [6.07, 6.45) is 1.19. The van der Waals surface area contributed by atoms with E-state index in [0.29, 0.717) is 0 Å². The Morgan fingerprint density at radius 2 is 1.31 bits per heavy atom. The average Bonchev–Trinajstić information content (AvgIpc) is 1.82. The maximum atomic E-state index is 10.1. The lowest BCUT2D eigenvalue weighted by Crippen LogP contribution is -2.49. The number of hydrogen-bond donors (Lipinski definition) is 0. The van der Waals surface area contributed by atoms with Gasteiger partial charge in [0.1, 0.15) is 0 Å². The molecule has 0 spiro atoms. The first-order chi connectivity index (χ1) is 5.56. The zero-order valence-electron chi connectivity index (χ0n) is 6.12. The quantitative estimate of drug-likeness (QED) is 0.411. The Labute approximate surface area is 105 Å². The van der Waals surface area contributed by atoms with Crippen LogP contribution in [0, 0.1) is 0 Å². The van der Waals surface area contributed by atoms with Gasteiger partial charge in [-0.15, -0.1) is 0 Å². The van der Waals surface area contributed by atoms with Gasteiger partial charge in [-0.3, -0.25) is 0 Å². The summed E-state index contributed by atoms with van der Waals surface area (Å²) >= 11 is 33.1. The third-order valence-electron chi connectivity index (χ3n) is 1.37. The molecule has 0 unspecified atom stereocenters. The van der Waals surface area contributed by atoms with Crippen LogP contribution in [0.4, 0.5) is 0 Å². The van der Waals surface area contributed by atoms with Crippen LogP contribution < -0.4 is 0 Å². The number of aliphatic imine (C=N–C) groups is 1. The minimum Gasteiger partial charge on any atom is -0.211 e. The maximum Gasteiger partial charge on any atom is 0.235 e. The Hall–Kier alpha value is 1.12. The number of rotatable bonds is 1. The second-order valence-electron chi connectivity index (χ2n) is 2.27. The lowest BCUT2D eigenvalue weighted by molar-refractivity contribution is 0.478. The van der Waals surface area contributed by atoms with Gasteiger partial charge in [0.2, 0.25) is 13.7 Å². The second kappa shape index (κ2) is 4.32. The van der Waals surface area contributed by atoms with Crippen molar-refractivity contribution in [1.82, 2.24) is 0 Å². The van der Waals surface area contributed by atoms with Crippen LogP contribution in [0.5, 0.6) is 0 Å². The first kappa shape index (κ1) is 14.1. The topological polar surface area (TPSA) is 29.4 Å². The molecule has 8 heteroatoms. The SMILES string of the molecule is CC(N=C=O)(C(Cl)(Cl)Cl)C(Cl)(Cl)Cl. The van der Waals surface area contributed by atoms with Crippen molar-refractivity contribution >= 4 is 75.7 Å². The van der Waals surface area contributed by atoms with Crippen LogP contribution in [0.2, 0.25) is 0 Å². The molecule has 2 nitrogen and oxygen atoms in total. The van der Waals surface area contributed by atoms with Crippen LogP contribution in [0.25, 0.3) is 0 Å². The second-order valence-corrected chi connectivity index (χ2v) is 6.83. The number of hydrogen-bond acceptors (Lipinski definition) is 2. The zero-order valence-corrected chi connectivity index (χ0v) is 10.7. The van der Waals surface area contributed by atoms with E-state index >= 15 is 0 Å². The largest absolute Gasteiger partial charge is 0.235 e. The Bertz CT molecular complexity index is 220. The van der Waals surface area contributed by atoms with E-state index in [2.05, 4.69) is 4.99 Å². The van der Waals surface area contributed by atoms with E-state index < -0.39 is 13.1 Å². The summed E-state index contributed by atoms with van der Waals surface area (Å²) in [6, 6.07) is 0. The minimum absolute atomic E-state index is 1.19. The van der Waals surface area contributed by atoms with Crippen LogP contribution in [0.1, 0.15) is 6.92 Å². The number of alkyl halides is 6. The van der Waals surface area contributed by atoms with Crippen molar-refractivity contribution in [2.24, 2.45) is 4.99 Å². The van der Waals surface area contributed by atoms with Crippen molar-refractivity contribution in [3.8, 4) is 0 Å². The Kier molecular flexibility index (Phi) is 4.69. The van der Waals surface area contributed by atoms with E-state index in [4.69, 9.17) is 69.6 Å². The zero-order chi connectivity index (χ0) is 10.9. The maximum absolute atomic E-state index is 10.1. The van der Waals surface area contributed by atoms with Gasteiger partial charge in [0, 0.05) is 0 Å². The third kappa shape index (κ3) is 3.04. The van der Waals surface area contributed by atoms with E-state index in [1.54, 1.807) is 0 Å². The summed E-state index contributed by atoms with van der Waals surface area (Å²) in [5, 5.41) is 0. The minimum atomic E-state index is -2.02. The third-order valence-corrected chi connectivity index (χ3v) is 3.58. The van der Waals surface area contributed by atoms with Crippen LogP contribution in [-0.4, -0.2) is 19.2 Å². The summed E-state index contributed by atoms with van der Waals surface area (Å²) in [5.74, 6) is 0. The van der Waals surface area contributed by atoms with Crippen LogP contribution in [0.3, 0.4) is 0 Å². The molecule has 0 aromatic rings. The van der Waals surface area contributed by atoms with Crippen molar-refractivity contribution in [2.75, 3.05) is 0 Å². The van der Waals surface area contributed by atoms with Crippen molar-refractivity contribution < 1.29 is 4.79 Å². The molecule has 0 aromatic heterocycles. The molecule has 0 aliphatic rings. The predicted octanol–water partition coefficient (Wildman–Crippen LogP) is 3.82. The Morgan fingerprint density at radius 1 is 1.00 bits per heavy atom. The van der Waals surface area contributed by atoms with Gasteiger partial charge in [0.25, 0.3) is 0 Å². The van der Waals surface area contributed by atoms with Crippen molar-refractivity contribution in [3.63, 3.8) is 0 Å². The summed E-state index contributed by atoms with van der Waals surface area (Å²) in [4.78, 5) is 13.3. The molecule has 0 aromatic carbocycles. The highest BCUT2D eigenvalue weighted by Crippen LogP contribution is 2.53. The fraction of sp³-hybridized carbons (Fsp3) is 0.800. The molecular formula is C5H3Cl6NO. The van der Waals surface area contributed by atoms with E-state index in [1.165, 1.54) is 13.0 Å². The van der Waals surface area contributed by atoms with Crippen molar-refractivity contribution in [1.29, 1.82) is 0 Å². The highest BCUT2D eigenvalue weighted by molar-refractivity contribution is 6.74. The number of halogens is 6. The summed E-state index contributed by atoms with van der Waals surface area (Å²) in [5.41, 5.74) is -1.78. The molecular weight excluding hydrogens is 303 g/mol. The average molecular weight is 306 g/mol. The van der Waals surface area contributed by atoms with Gasteiger partial charge in [-0.25, -0.2) is 4.79 Å². The highest BCUT2D eigenvalue weighted by Gasteiger charge is 2.58. The molecule has 13 heavy (non-hydrogen) atoms. The van der Waals surface area contributed by atoms with E-state index in [-0.39, 0.29) is 0 Å². The molecule has 0 bridgehead atoms. The van der Waals surface area contributed by atoms with E-state index in [9.17, 15) is 4.79 Å². The fourth-order valence-corrected chi connectivity index (χ4v) is 1.92. The summed E-state index contributed by atoms with van der Waals surface area (Å²) < 4.78 is -4.04. The lowest BCUT2D eigenvalue weighted by Gasteiger charge is -2.36. The summed E-state index contributed by atoms with van der Waals surface area (Å²) in [6.45, 7) is 1.22. The van der Waals surface area contributed by atoms with Crippen LogP contribution in [0.15, 0.2) is 4.99 Å². The molecule has 0 fully saturated rings. The molecule has 0 rings (SSSR count). The Morgan fingerprint density at radius 3 is 1.38 bits per heavy atom. The monoisotopic (exact) mass is 303 g/mol. The van der Waals surface area contributed by atoms with Gasteiger partial charge >= 0.3 is 0 Å². The van der Waals surface area contributed by atoms with Gasteiger partial charge < -0.3 is 0 Å². The molecule has 0 N–H and O–H groups in total. The molecule has 76 valence electrons. The highest BCUT2D eigenvalue weighted by atomic mass is 35.6. The smallest absolute Gasteiger partial charge is 0.211 e. The number of carbonyl (C=O) groups excluding carboxylic acids is 1. The Balaban J connectivity index is 5.33. The number of nitrogens with zero attached hydrogens (tertiary/aromatic N) is 1. The fourth-order valence-electron chi connectivity index (χ4n) is 0.379. The van der Waals surface area contributed by atoms with E-state index in [0.717, 1.165) is 0 Å². The number of isocyanates is 1.